The van der Waals surface area contributed by atoms with Gasteiger partial charge in [0.1, 0.15) is 13.2 Å². The van der Waals surface area contributed by atoms with Crippen LogP contribution >= 0.6 is 0 Å². The lowest BCUT2D eigenvalue weighted by Gasteiger charge is -2.18. The van der Waals surface area contributed by atoms with Gasteiger partial charge in [0.15, 0.2) is 6.10 Å². The lowest BCUT2D eigenvalue weighted by Crippen LogP contribution is -2.30. The quantitative estimate of drug-likeness (QED) is 0.0261. The van der Waals surface area contributed by atoms with E-state index in [1.165, 1.54) is 51.4 Å². The first-order valence-electron chi connectivity index (χ1n) is 33.3. The molecule has 1 unspecified atom stereocenters. The lowest BCUT2D eigenvalue weighted by molar-refractivity contribution is -0.167. The highest BCUT2D eigenvalue weighted by Crippen LogP contribution is 2.13. The largest absolute Gasteiger partial charge is 0.462 e. The van der Waals surface area contributed by atoms with Gasteiger partial charge >= 0.3 is 17.9 Å². The average Bonchev–Trinajstić information content (AvgIpc) is 3.49. The Balaban J connectivity index is 4.56. The van der Waals surface area contributed by atoms with Crippen LogP contribution in [0.2, 0.25) is 0 Å². The first kappa shape index (κ1) is 77.5. The minimum Gasteiger partial charge on any atom is -0.462 e. The number of hydrogen-bond acceptors (Lipinski definition) is 6. The molecule has 0 saturated carbocycles. The zero-order chi connectivity index (χ0) is 59.9. The standard InChI is InChI=1S/C77H120O6/c1-4-7-10-13-16-19-22-25-28-31-33-35-36-37-38-39-40-42-43-46-49-52-55-58-61-64-67-70-76(79)82-73-74(72-81-75(78)69-66-63-60-57-54-51-48-45-30-27-24-21-18-15-12-9-6-3)83-77(80)71-68-65-62-59-56-53-50-47-44-41-34-32-29-26-23-20-17-14-11-8-5-2/h7,9-10,12,16,18-19,21,23,25-28,30,32-35,37-38,40,42,44,46-49,51,55,58,74H,4-6,8,11,13-15,17,20,22,24,29,31,36,39,41,43,45,50,52-54,56-57,59-73H2,1-3H3/b10-7-,12-9-,19-16-,21-18-,26-23-,28-25-,30-27-,34-32-,35-33-,38-37-,42-40-,47-44-,49-46-,51-48-,58-55-. The molecule has 0 amide bonds. The summed E-state index contributed by atoms with van der Waals surface area (Å²) < 4.78 is 16.9. The van der Waals surface area contributed by atoms with E-state index in [0.29, 0.717) is 12.8 Å². The molecule has 0 radical (unpaired) electrons. The first-order chi connectivity index (χ1) is 41.0. The van der Waals surface area contributed by atoms with Crippen LogP contribution in [-0.2, 0) is 28.6 Å². The zero-order valence-corrected chi connectivity index (χ0v) is 53.1. The summed E-state index contributed by atoms with van der Waals surface area (Å²) in [5, 5.41) is 0. The third-order valence-electron chi connectivity index (χ3n) is 13.4. The summed E-state index contributed by atoms with van der Waals surface area (Å²) in [7, 11) is 0. The van der Waals surface area contributed by atoms with Crippen LogP contribution in [0.1, 0.15) is 265 Å². The van der Waals surface area contributed by atoms with Crippen molar-refractivity contribution in [2.45, 2.75) is 271 Å². The van der Waals surface area contributed by atoms with Crippen molar-refractivity contribution in [3.8, 4) is 0 Å². The van der Waals surface area contributed by atoms with E-state index in [2.05, 4.69) is 203 Å². The van der Waals surface area contributed by atoms with Gasteiger partial charge in [0.25, 0.3) is 0 Å². The second-order valence-corrected chi connectivity index (χ2v) is 21.3. The summed E-state index contributed by atoms with van der Waals surface area (Å²) in [5.74, 6) is -1.00. The molecule has 0 bridgehead atoms. The van der Waals surface area contributed by atoms with Gasteiger partial charge in [0, 0.05) is 19.3 Å². The maximum atomic E-state index is 12.9. The van der Waals surface area contributed by atoms with E-state index in [1.54, 1.807) is 0 Å². The van der Waals surface area contributed by atoms with Crippen molar-refractivity contribution in [1.82, 2.24) is 0 Å². The topological polar surface area (TPSA) is 78.9 Å². The molecule has 0 N–H and O–H groups in total. The van der Waals surface area contributed by atoms with Crippen LogP contribution < -0.4 is 0 Å². The fourth-order valence-electron chi connectivity index (χ4n) is 8.46. The third kappa shape index (κ3) is 67.2. The Kier molecular flexibility index (Phi) is 64.4. The molecule has 0 aliphatic carbocycles. The predicted octanol–water partition coefficient (Wildman–Crippen LogP) is 23.2. The zero-order valence-electron chi connectivity index (χ0n) is 53.1. The second-order valence-electron chi connectivity index (χ2n) is 21.3. The van der Waals surface area contributed by atoms with E-state index in [9.17, 15) is 14.4 Å². The molecule has 6 heteroatoms. The summed E-state index contributed by atoms with van der Waals surface area (Å²) >= 11 is 0. The molecule has 1 atom stereocenters. The summed E-state index contributed by atoms with van der Waals surface area (Å²) in [4.78, 5) is 38.4. The molecule has 0 aromatic carbocycles. The van der Waals surface area contributed by atoms with Crippen LogP contribution in [0.25, 0.3) is 0 Å². The second kappa shape index (κ2) is 69.0. The number of allylic oxidation sites excluding steroid dienone is 30. The number of unbranched alkanes of at least 4 members (excludes halogenated alkanes) is 17. The molecule has 0 aliphatic heterocycles. The fourth-order valence-corrected chi connectivity index (χ4v) is 8.46. The Hall–Kier alpha value is -5.49. The number of carbonyl (C=O) groups is 3. The van der Waals surface area contributed by atoms with Gasteiger partial charge in [-0.25, -0.2) is 0 Å². The molecule has 0 aromatic rings. The Morgan fingerprint density at radius 1 is 0.253 bits per heavy atom. The molecule has 0 spiro atoms. The lowest BCUT2D eigenvalue weighted by atomic mass is 10.1. The normalized spacial score (nSPS) is 13.3. The SMILES string of the molecule is CC/C=C\C/C=C\C/C=C\C/C=C\C/C=C\C/C=C\C/C=C\C/C=C\CCCCC(=O)OCC(COC(=O)CCCCCC/C=C\C/C=C\C/C=C\C/C=C\CC)OC(=O)CCCCCCCC/C=C\C/C=C\C/C=C\CCCCCCC. The molecule has 0 aromatic heterocycles. The number of carbonyl (C=O) groups excluding carboxylic acids is 3. The summed E-state index contributed by atoms with van der Waals surface area (Å²) in [6.07, 6.45) is 103. The van der Waals surface area contributed by atoms with Crippen LogP contribution in [0.4, 0.5) is 0 Å². The van der Waals surface area contributed by atoms with Crippen LogP contribution in [0, 0.1) is 0 Å². The van der Waals surface area contributed by atoms with E-state index in [4.69, 9.17) is 14.2 Å². The van der Waals surface area contributed by atoms with Crippen molar-refractivity contribution in [3.63, 3.8) is 0 Å². The van der Waals surface area contributed by atoms with Gasteiger partial charge in [-0.15, -0.1) is 0 Å². The van der Waals surface area contributed by atoms with E-state index in [1.807, 2.05) is 0 Å². The summed E-state index contributed by atoms with van der Waals surface area (Å²) in [6, 6.07) is 0. The molecule has 0 heterocycles. The van der Waals surface area contributed by atoms with Crippen molar-refractivity contribution < 1.29 is 28.6 Å². The number of rotatable bonds is 58. The maximum Gasteiger partial charge on any atom is 0.306 e. The molecule has 0 fully saturated rings. The van der Waals surface area contributed by atoms with Crippen LogP contribution in [0.15, 0.2) is 182 Å². The monoisotopic (exact) mass is 1140 g/mol. The molecule has 6 nitrogen and oxygen atoms in total. The highest BCUT2D eigenvalue weighted by atomic mass is 16.6. The van der Waals surface area contributed by atoms with E-state index in [-0.39, 0.29) is 44.0 Å². The van der Waals surface area contributed by atoms with Gasteiger partial charge < -0.3 is 14.2 Å². The van der Waals surface area contributed by atoms with Crippen LogP contribution in [0.5, 0.6) is 0 Å². The van der Waals surface area contributed by atoms with Crippen molar-refractivity contribution in [1.29, 1.82) is 0 Å². The highest BCUT2D eigenvalue weighted by molar-refractivity contribution is 5.71. The Bertz CT molecular complexity index is 1940. The minimum absolute atomic E-state index is 0.119. The molecule has 83 heavy (non-hydrogen) atoms. The molecule has 464 valence electrons. The van der Waals surface area contributed by atoms with Crippen LogP contribution in [-0.4, -0.2) is 37.2 Å². The van der Waals surface area contributed by atoms with Crippen molar-refractivity contribution in [3.05, 3.63) is 182 Å². The van der Waals surface area contributed by atoms with Crippen molar-refractivity contribution in [2.75, 3.05) is 13.2 Å². The highest BCUT2D eigenvalue weighted by Gasteiger charge is 2.19. The molecule has 0 saturated heterocycles. The number of ether oxygens (including phenoxy) is 3. The number of esters is 3. The Morgan fingerprint density at radius 2 is 0.470 bits per heavy atom. The van der Waals surface area contributed by atoms with Gasteiger partial charge in [-0.3, -0.25) is 14.4 Å². The molecular weight excluding hydrogens is 1020 g/mol. The maximum absolute atomic E-state index is 12.9. The molecule has 0 aliphatic rings. The molecule has 0 rings (SSSR count). The van der Waals surface area contributed by atoms with Gasteiger partial charge in [-0.1, -0.05) is 267 Å². The van der Waals surface area contributed by atoms with E-state index >= 15 is 0 Å². The van der Waals surface area contributed by atoms with E-state index in [0.717, 1.165) is 167 Å². The average molecular weight is 1140 g/mol. The van der Waals surface area contributed by atoms with E-state index < -0.39 is 6.10 Å². The molecular formula is C77H120O6. The predicted molar refractivity (Wildman–Crippen MR) is 361 cm³/mol. The summed E-state index contributed by atoms with van der Waals surface area (Å²) in [5.41, 5.74) is 0. The first-order valence-corrected chi connectivity index (χ1v) is 33.3. The Morgan fingerprint density at radius 3 is 0.759 bits per heavy atom. The van der Waals surface area contributed by atoms with Crippen LogP contribution in [0.3, 0.4) is 0 Å². The van der Waals surface area contributed by atoms with Gasteiger partial charge in [-0.05, 0) is 161 Å². The minimum atomic E-state index is -0.827. The summed E-state index contributed by atoms with van der Waals surface area (Å²) in [6.45, 7) is 6.33. The van der Waals surface area contributed by atoms with Gasteiger partial charge in [0.2, 0.25) is 0 Å². The van der Waals surface area contributed by atoms with Gasteiger partial charge in [-0.2, -0.15) is 0 Å². The fraction of sp³-hybridized carbons (Fsp3) is 0.571. The smallest absolute Gasteiger partial charge is 0.306 e. The third-order valence-corrected chi connectivity index (χ3v) is 13.4. The van der Waals surface area contributed by atoms with Crippen molar-refractivity contribution in [2.24, 2.45) is 0 Å². The Labute approximate surface area is 510 Å². The van der Waals surface area contributed by atoms with Crippen molar-refractivity contribution >= 4 is 17.9 Å². The van der Waals surface area contributed by atoms with Gasteiger partial charge in [0.05, 0.1) is 0 Å². The number of hydrogen-bond donors (Lipinski definition) is 0.